The lowest BCUT2D eigenvalue weighted by Gasteiger charge is -2.27. The van der Waals surface area contributed by atoms with Crippen LogP contribution in [0.25, 0.3) is 6.08 Å². The Morgan fingerprint density at radius 3 is 2.53 bits per heavy atom. The number of imide groups is 2. The molecule has 6 nitrogen and oxygen atoms in total. The molecule has 34 heavy (non-hydrogen) atoms. The van der Waals surface area contributed by atoms with E-state index in [1.54, 1.807) is 55.5 Å². The molecule has 0 aromatic heterocycles. The van der Waals surface area contributed by atoms with Crippen molar-refractivity contribution in [2.75, 3.05) is 4.90 Å². The highest BCUT2D eigenvalue weighted by atomic mass is 79.9. The van der Waals surface area contributed by atoms with Crippen molar-refractivity contribution in [3.8, 4) is 5.75 Å². The van der Waals surface area contributed by atoms with E-state index in [-0.39, 0.29) is 18.0 Å². The average molecular weight is 588 g/mol. The summed E-state index contributed by atoms with van der Waals surface area (Å²) in [5.41, 5.74) is 2.11. The third-order valence-corrected chi connectivity index (χ3v) is 6.16. The van der Waals surface area contributed by atoms with Crippen LogP contribution in [0.15, 0.2) is 75.2 Å². The Hall–Kier alpha value is -3.30. The summed E-state index contributed by atoms with van der Waals surface area (Å²) in [4.78, 5) is 39.0. The number of nitrogens with one attached hydrogen (secondary N) is 1. The SMILES string of the molecule is Cc1cc(Br)ccc1N1C(=O)NC(=O)/C(=C/c2ccc(OCc3cccc(F)c3)c(Br)c2)C1=O. The number of rotatable bonds is 5. The molecular formula is C25H17Br2FN2O4. The minimum Gasteiger partial charge on any atom is -0.488 e. The van der Waals surface area contributed by atoms with E-state index < -0.39 is 17.8 Å². The summed E-state index contributed by atoms with van der Waals surface area (Å²) in [5, 5.41) is 2.22. The molecule has 1 N–H and O–H groups in total. The fraction of sp³-hybridized carbons (Fsp3) is 0.0800. The van der Waals surface area contributed by atoms with Crippen LogP contribution < -0.4 is 15.0 Å². The van der Waals surface area contributed by atoms with Crippen LogP contribution in [0.3, 0.4) is 0 Å². The van der Waals surface area contributed by atoms with Crippen molar-refractivity contribution in [3.05, 3.63) is 97.7 Å². The lowest BCUT2D eigenvalue weighted by atomic mass is 10.1. The molecule has 0 spiro atoms. The molecule has 1 saturated heterocycles. The summed E-state index contributed by atoms with van der Waals surface area (Å²) in [5.74, 6) is -1.33. The first-order valence-corrected chi connectivity index (χ1v) is 11.7. The van der Waals surface area contributed by atoms with E-state index in [9.17, 15) is 18.8 Å². The Morgan fingerprint density at radius 1 is 1.03 bits per heavy atom. The quantitative estimate of drug-likeness (QED) is 0.298. The maximum atomic E-state index is 13.4. The van der Waals surface area contributed by atoms with Gasteiger partial charge in [0.2, 0.25) is 0 Å². The summed E-state index contributed by atoms with van der Waals surface area (Å²) in [6.45, 7) is 1.93. The Labute approximate surface area is 211 Å². The molecule has 4 amide bonds. The summed E-state index contributed by atoms with van der Waals surface area (Å²) < 4.78 is 20.5. The molecule has 1 aliphatic heterocycles. The number of carbonyl (C=O) groups excluding carboxylic acids is 3. The molecule has 4 rings (SSSR count). The summed E-state index contributed by atoms with van der Waals surface area (Å²) in [7, 11) is 0. The van der Waals surface area contributed by atoms with E-state index >= 15 is 0 Å². The van der Waals surface area contributed by atoms with Gasteiger partial charge in [0.25, 0.3) is 11.8 Å². The van der Waals surface area contributed by atoms with Crippen molar-refractivity contribution in [1.82, 2.24) is 5.32 Å². The van der Waals surface area contributed by atoms with Gasteiger partial charge in [-0.3, -0.25) is 14.9 Å². The molecule has 0 radical (unpaired) electrons. The number of hydrogen-bond donors (Lipinski definition) is 1. The van der Waals surface area contributed by atoms with Gasteiger partial charge in [-0.25, -0.2) is 14.1 Å². The van der Waals surface area contributed by atoms with Crippen LogP contribution in [0.1, 0.15) is 16.7 Å². The Kier molecular flexibility index (Phi) is 6.95. The van der Waals surface area contributed by atoms with E-state index in [4.69, 9.17) is 4.74 Å². The number of urea groups is 1. The maximum Gasteiger partial charge on any atom is 0.335 e. The number of carbonyl (C=O) groups is 3. The fourth-order valence-corrected chi connectivity index (χ4v) is 4.41. The average Bonchev–Trinajstić information content (AvgIpc) is 2.77. The van der Waals surface area contributed by atoms with E-state index in [1.165, 1.54) is 18.2 Å². The number of halogens is 3. The van der Waals surface area contributed by atoms with E-state index in [1.807, 2.05) is 0 Å². The molecule has 1 fully saturated rings. The van der Waals surface area contributed by atoms with Gasteiger partial charge < -0.3 is 4.74 Å². The van der Waals surface area contributed by atoms with Crippen LogP contribution in [-0.2, 0) is 16.2 Å². The van der Waals surface area contributed by atoms with Crippen LogP contribution in [0.4, 0.5) is 14.9 Å². The number of benzene rings is 3. The summed E-state index contributed by atoms with van der Waals surface area (Å²) in [6, 6.07) is 15.4. The van der Waals surface area contributed by atoms with Gasteiger partial charge in [-0.05, 0) is 88.1 Å². The van der Waals surface area contributed by atoms with Gasteiger partial charge in [-0.15, -0.1) is 0 Å². The van der Waals surface area contributed by atoms with Crippen LogP contribution in [-0.4, -0.2) is 17.8 Å². The molecule has 1 heterocycles. The zero-order valence-electron chi connectivity index (χ0n) is 17.8. The van der Waals surface area contributed by atoms with E-state index in [2.05, 4.69) is 37.2 Å². The fourth-order valence-electron chi connectivity index (χ4n) is 3.42. The van der Waals surface area contributed by atoms with Gasteiger partial charge in [0.15, 0.2) is 0 Å². The van der Waals surface area contributed by atoms with Crippen LogP contribution >= 0.6 is 31.9 Å². The van der Waals surface area contributed by atoms with Crippen molar-refractivity contribution < 1.29 is 23.5 Å². The third-order valence-electron chi connectivity index (χ3n) is 5.05. The monoisotopic (exact) mass is 586 g/mol. The van der Waals surface area contributed by atoms with Crippen molar-refractivity contribution >= 4 is 61.5 Å². The van der Waals surface area contributed by atoms with Crippen molar-refractivity contribution in [2.45, 2.75) is 13.5 Å². The molecule has 0 bridgehead atoms. The molecule has 172 valence electrons. The maximum absolute atomic E-state index is 13.4. The van der Waals surface area contributed by atoms with Gasteiger partial charge in [0.1, 0.15) is 23.7 Å². The molecule has 0 aliphatic carbocycles. The Bertz CT molecular complexity index is 1360. The van der Waals surface area contributed by atoms with E-state index in [0.29, 0.717) is 32.6 Å². The molecular weight excluding hydrogens is 571 g/mol. The number of aryl methyl sites for hydroxylation is 1. The van der Waals surface area contributed by atoms with Crippen LogP contribution in [0.5, 0.6) is 5.75 Å². The number of hydrogen-bond acceptors (Lipinski definition) is 4. The highest BCUT2D eigenvalue weighted by Gasteiger charge is 2.37. The zero-order valence-corrected chi connectivity index (χ0v) is 20.9. The Morgan fingerprint density at radius 2 is 1.82 bits per heavy atom. The number of barbiturate groups is 1. The Balaban J connectivity index is 1.58. The molecule has 9 heteroatoms. The van der Waals surface area contributed by atoms with Crippen molar-refractivity contribution in [2.24, 2.45) is 0 Å². The third kappa shape index (κ3) is 5.10. The highest BCUT2D eigenvalue weighted by molar-refractivity contribution is 9.10. The van der Waals surface area contributed by atoms with Crippen molar-refractivity contribution in [1.29, 1.82) is 0 Å². The minimum absolute atomic E-state index is 0.168. The van der Waals surface area contributed by atoms with Crippen LogP contribution in [0.2, 0.25) is 0 Å². The second-order valence-electron chi connectivity index (χ2n) is 7.50. The minimum atomic E-state index is -0.806. The topological polar surface area (TPSA) is 75.7 Å². The second kappa shape index (κ2) is 9.90. The molecule has 3 aromatic rings. The number of nitrogens with zero attached hydrogens (tertiary/aromatic N) is 1. The lowest BCUT2D eigenvalue weighted by molar-refractivity contribution is -0.122. The molecule has 0 unspecified atom stereocenters. The van der Waals surface area contributed by atoms with Gasteiger partial charge in [-0.1, -0.05) is 34.1 Å². The zero-order chi connectivity index (χ0) is 24.4. The molecule has 1 aliphatic rings. The molecule has 0 atom stereocenters. The largest absolute Gasteiger partial charge is 0.488 e. The predicted molar refractivity (Wildman–Crippen MR) is 133 cm³/mol. The smallest absolute Gasteiger partial charge is 0.335 e. The van der Waals surface area contributed by atoms with Gasteiger partial charge in [0, 0.05) is 4.47 Å². The highest BCUT2D eigenvalue weighted by Crippen LogP contribution is 2.30. The first kappa shape index (κ1) is 23.8. The number of amides is 4. The van der Waals surface area contributed by atoms with Gasteiger partial charge >= 0.3 is 6.03 Å². The first-order valence-electron chi connectivity index (χ1n) is 10.1. The summed E-state index contributed by atoms with van der Waals surface area (Å²) in [6.07, 6.45) is 1.41. The molecule has 0 saturated carbocycles. The van der Waals surface area contributed by atoms with E-state index in [0.717, 1.165) is 9.37 Å². The van der Waals surface area contributed by atoms with Crippen molar-refractivity contribution in [3.63, 3.8) is 0 Å². The summed E-state index contributed by atoms with van der Waals surface area (Å²) >= 11 is 6.78. The van der Waals surface area contributed by atoms with Gasteiger partial charge in [0.05, 0.1) is 10.2 Å². The van der Waals surface area contributed by atoms with Crippen LogP contribution in [0, 0.1) is 12.7 Å². The lowest BCUT2D eigenvalue weighted by Crippen LogP contribution is -2.54. The number of anilines is 1. The standard InChI is InChI=1S/C25H17Br2FN2O4/c1-14-9-17(26)6-7-21(14)30-24(32)19(23(31)29-25(30)33)11-15-5-8-22(20(27)12-15)34-13-16-3-2-4-18(28)10-16/h2-12H,13H2,1H3,(H,29,31,33)/b19-11-. The normalized spacial score (nSPS) is 15.0. The van der Waals surface area contributed by atoms with Gasteiger partial charge in [-0.2, -0.15) is 0 Å². The first-order chi connectivity index (χ1) is 16.2. The second-order valence-corrected chi connectivity index (χ2v) is 9.27. The number of ether oxygens (including phenoxy) is 1. The predicted octanol–water partition coefficient (Wildman–Crippen LogP) is 5.90. The molecule has 3 aromatic carbocycles.